The van der Waals surface area contributed by atoms with Gasteiger partial charge in [0.1, 0.15) is 10.0 Å². The predicted octanol–water partition coefficient (Wildman–Crippen LogP) is 4.03. The SMILES string of the molecule is CCN(Cc1cc(Br)ccc1F)C(=O)Cc1ccc(S(=O)(=O)N2CCCC2)s1. The van der Waals surface area contributed by atoms with Crippen molar-refractivity contribution in [3.8, 4) is 0 Å². The van der Waals surface area contributed by atoms with Crippen LogP contribution in [0, 0.1) is 5.82 Å². The van der Waals surface area contributed by atoms with E-state index in [1.54, 1.807) is 29.2 Å². The van der Waals surface area contributed by atoms with Crippen LogP contribution in [0.5, 0.6) is 0 Å². The normalized spacial score (nSPS) is 15.1. The zero-order valence-corrected chi connectivity index (χ0v) is 18.7. The molecule has 1 aliphatic heterocycles. The first kappa shape index (κ1) is 21.4. The molecule has 5 nitrogen and oxygen atoms in total. The summed E-state index contributed by atoms with van der Waals surface area (Å²) >= 11 is 4.45. The van der Waals surface area contributed by atoms with Gasteiger partial charge >= 0.3 is 0 Å². The van der Waals surface area contributed by atoms with Crippen molar-refractivity contribution in [2.24, 2.45) is 0 Å². The number of hydrogen-bond acceptors (Lipinski definition) is 4. The minimum Gasteiger partial charge on any atom is -0.338 e. The quantitative estimate of drug-likeness (QED) is 0.591. The number of thiophene rings is 1. The van der Waals surface area contributed by atoms with Gasteiger partial charge < -0.3 is 4.90 Å². The second kappa shape index (κ2) is 9.02. The maximum atomic E-state index is 14.0. The highest BCUT2D eigenvalue weighted by molar-refractivity contribution is 9.10. The maximum Gasteiger partial charge on any atom is 0.252 e. The number of likely N-dealkylation sites (N-methyl/N-ethyl adjacent to an activating group) is 1. The zero-order valence-electron chi connectivity index (χ0n) is 15.5. The third-order valence-corrected chi connectivity index (χ3v) is 8.67. The highest BCUT2D eigenvalue weighted by Crippen LogP contribution is 2.28. The molecule has 1 aromatic carbocycles. The number of sulfonamides is 1. The van der Waals surface area contributed by atoms with Crippen LogP contribution in [0.2, 0.25) is 0 Å². The Bertz CT molecular complexity index is 956. The van der Waals surface area contributed by atoms with E-state index in [4.69, 9.17) is 0 Å². The summed E-state index contributed by atoms with van der Waals surface area (Å²) in [5.74, 6) is -0.515. The predicted molar refractivity (Wildman–Crippen MR) is 111 cm³/mol. The summed E-state index contributed by atoms with van der Waals surface area (Å²) in [5.41, 5.74) is 0.438. The third kappa shape index (κ3) is 4.82. The van der Waals surface area contributed by atoms with Gasteiger partial charge in [-0.05, 0) is 50.1 Å². The van der Waals surface area contributed by atoms with Crippen LogP contribution in [0.25, 0.3) is 0 Å². The molecule has 152 valence electrons. The molecule has 0 bridgehead atoms. The average molecular weight is 489 g/mol. The van der Waals surface area contributed by atoms with Crippen molar-refractivity contribution >= 4 is 43.2 Å². The third-order valence-electron chi connectivity index (χ3n) is 4.73. The lowest BCUT2D eigenvalue weighted by molar-refractivity contribution is -0.130. The summed E-state index contributed by atoms with van der Waals surface area (Å²) < 4.78 is 41.8. The highest BCUT2D eigenvalue weighted by atomic mass is 79.9. The standard InChI is InChI=1S/C19H22BrFN2O3S2/c1-2-22(13-14-11-15(20)5-7-17(14)21)18(24)12-16-6-8-19(27-16)28(25,26)23-9-3-4-10-23/h5-8,11H,2-4,9-10,12-13H2,1H3. The Balaban J connectivity index is 1.69. The molecule has 2 aromatic rings. The van der Waals surface area contributed by atoms with Crippen molar-refractivity contribution < 1.29 is 17.6 Å². The van der Waals surface area contributed by atoms with Crippen LogP contribution in [0.4, 0.5) is 4.39 Å². The van der Waals surface area contributed by atoms with E-state index < -0.39 is 10.0 Å². The molecule has 1 fully saturated rings. The van der Waals surface area contributed by atoms with E-state index in [0.29, 0.717) is 30.1 Å². The van der Waals surface area contributed by atoms with Crippen LogP contribution in [0.15, 0.2) is 39.0 Å². The van der Waals surface area contributed by atoms with Crippen LogP contribution in [0.3, 0.4) is 0 Å². The van der Waals surface area contributed by atoms with Crippen LogP contribution in [0.1, 0.15) is 30.2 Å². The molecule has 0 N–H and O–H groups in total. The minimum absolute atomic E-state index is 0.101. The average Bonchev–Trinajstić information content (AvgIpc) is 3.34. The maximum absolute atomic E-state index is 14.0. The molecule has 0 aliphatic carbocycles. The number of nitrogens with zero attached hydrogens (tertiary/aromatic N) is 2. The Morgan fingerprint density at radius 1 is 1.25 bits per heavy atom. The molecular weight excluding hydrogens is 467 g/mol. The summed E-state index contributed by atoms with van der Waals surface area (Å²) in [5, 5.41) is 0. The summed E-state index contributed by atoms with van der Waals surface area (Å²) in [7, 11) is -3.47. The van der Waals surface area contributed by atoms with E-state index in [9.17, 15) is 17.6 Å². The second-order valence-corrected chi connectivity index (χ2v) is 10.9. The lowest BCUT2D eigenvalue weighted by atomic mass is 10.2. The molecule has 0 saturated carbocycles. The van der Waals surface area contributed by atoms with Gasteiger partial charge in [0, 0.05) is 41.1 Å². The Labute approximate surface area is 177 Å². The van der Waals surface area contributed by atoms with E-state index in [-0.39, 0.29) is 28.9 Å². The Kier molecular flexibility index (Phi) is 6.90. The molecule has 2 heterocycles. The first-order valence-electron chi connectivity index (χ1n) is 9.12. The fraction of sp³-hybridized carbons (Fsp3) is 0.421. The van der Waals surface area contributed by atoms with Gasteiger partial charge in [-0.25, -0.2) is 12.8 Å². The summed E-state index contributed by atoms with van der Waals surface area (Å²) in [6, 6.07) is 7.92. The lowest BCUT2D eigenvalue weighted by Crippen LogP contribution is -2.31. The Morgan fingerprint density at radius 3 is 2.64 bits per heavy atom. The molecule has 28 heavy (non-hydrogen) atoms. The van der Waals surface area contributed by atoms with Crippen LogP contribution < -0.4 is 0 Å². The summed E-state index contributed by atoms with van der Waals surface area (Å²) in [6.45, 7) is 3.55. The first-order valence-corrected chi connectivity index (χ1v) is 12.2. The van der Waals surface area contributed by atoms with E-state index >= 15 is 0 Å². The van der Waals surface area contributed by atoms with Gasteiger partial charge in [-0.15, -0.1) is 11.3 Å². The first-order chi connectivity index (χ1) is 13.3. The van der Waals surface area contributed by atoms with Crippen molar-refractivity contribution in [2.45, 2.75) is 36.9 Å². The number of carbonyl (C=O) groups is 1. The van der Waals surface area contributed by atoms with Gasteiger partial charge in [0.05, 0.1) is 6.42 Å². The van der Waals surface area contributed by atoms with Crippen LogP contribution in [-0.4, -0.2) is 43.2 Å². The van der Waals surface area contributed by atoms with Gasteiger partial charge in [0.2, 0.25) is 5.91 Å². The van der Waals surface area contributed by atoms with Gasteiger partial charge in [-0.3, -0.25) is 4.79 Å². The van der Waals surface area contributed by atoms with Gasteiger partial charge in [0.25, 0.3) is 10.0 Å². The van der Waals surface area contributed by atoms with E-state index in [2.05, 4.69) is 15.9 Å². The van der Waals surface area contributed by atoms with Crippen LogP contribution in [-0.2, 0) is 27.8 Å². The Morgan fingerprint density at radius 2 is 1.96 bits per heavy atom. The van der Waals surface area contributed by atoms with Crippen molar-refractivity contribution in [2.75, 3.05) is 19.6 Å². The molecule has 1 aromatic heterocycles. The van der Waals surface area contributed by atoms with Crippen molar-refractivity contribution in [3.05, 3.63) is 51.1 Å². The molecule has 0 spiro atoms. The highest BCUT2D eigenvalue weighted by Gasteiger charge is 2.28. The number of amides is 1. The van der Waals surface area contributed by atoms with Gasteiger partial charge in [0.15, 0.2) is 0 Å². The van der Waals surface area contributed by atoms with Crippen molar-refractivity contribution in [1.29, 1.82) is 0 Å². The second-order valence-electron chi connectivity index (χ2n) is 6.65. The van der Waals surface area contributed by atoms with E-state index in [0.717, 1.165) is 28.7 Å². The summed E-state index contributed by atoms with van der Waals surface area (Å²) in [4.78, 5) is 15.0. The van der Waals surface area contributed by atoms with Gasteiger partial charge in [-0.2, -0.15) is 4.31 Å². The molecule has 9 heteroatoms. The fourth-order valence-corrected chi connectivity index (χ4v) is 6.58. The monoisotopic (exact) mass is 488 g/mol. The topological polar surface area (TPSA) is 57.7 Å². The van der Waals surface area contributed by atoms with Crippen LogP contribution >= 0.6 is 27.3 Å². The molecule has 0 unspecified atom stereocenters. The fourth-order valence-electron chi connectivity index (χ4n) is 3.15. The summed E-state index contributed by atoms with van der Waals surface area (Å²) in [6.07, 6.45) is 1.87. The zero-order chi connectivity index (χ0) is 20.3. The number of benzene rings is 1. The van der Waals surface area contributed by atoms with E-state index in [1.165, 1.54) is 10.4 Å². The molecule has 0 radical (unpaired) electrons. The number of halogens is 2. The molecule has 3 rings (SSSR count). The molecule has 1 saturated heterocycles. The minimum atomic E-state index is -3.47. The smallest absolute Gasteiger partial charge is 0.252 e. The molecular formula is C19H22BrFN2O3S2. The number of rotatable bonds is 7. The van der Waals surface area contributed by atoms with Crippen molar-refractivity contribution in [1.82, 2.24) is 9.21 Å². The Hall–Kier alpha value is -1.29. The largest absolute Gasteiger partial charge is 0.338 e. The van der Waals surface area contributed by atoms with Crippen molar-refractivity contribution in [3.63, 3.8) is 0 Å². The number of hydrogen-bond donors (Lipinski definition) is 0. The van der Waals surface area contributed by atoms with Gasteiger partial charge in [-0.1, -0.05) is 15.9 Å². The lowest BCUT2D eigenvalue weighted by Gasteiger charge is -2.21. The van der Waals surface area contributed by atoms with E-state index in [1.807, 2.05) is 6.92 Å². The number of carbonyl (C=O) groups excluding carboxylic acids is 1. The molecule has 1 amide bonds. The molecule has 1 aliphatic rings. The molecule has 0 atom stereocenters.